The summed E-state index contributed by atoms with van der Waals surface area (Å²) in [5, 5.41) is 0. The molecule has 6 heteroatoms. The first kappa shape index (κ1) is 72.4. The van der Waals surface area contributed by atoms with Gasteiger partial charge in [0.15, 0.2) is 6.10 Å². The third-order valence-corrected chi connectivity index (χ3v) is 15.7. The molecule has 6 nitrogen and oxygen atoms in total. The van der Waals surface area contributed by atoms with Crippen LogP contribution in [0.25, 0.3) is 0 Å². The zero-order chi connectivity index (χ0) is 53.9. The van der Waals surface area contributed by atoms with E-state index in [0.29, 0.717) is 19.3 Å². The van der Waals surface area contributed by atoms with E-state index >= 15 is 0 Å². The van der Waals surface area contributed by atoms with E-state index in [4.69, 9.17) is 14.2 Å². The molecule has 0 saturated carbocycles. The predicted molar refractivity (Wildman–Crippen MR) is 321 cm³/mol. The van der Waals surface area contributed by atoms with Gasteiger partial charge < -0.3 is 14.2 Å². The van der Waals surface area contributed by atoms with Crippen LogP contribution in [0.15, 0.2) is 0 Å². The van der Waals surface area contributed by atoms with Gasteiger partial charge in [0.1, 0.15) is 13.2 Å². The number of carbonyl (C=O) groups is 3. The standard InChI is InChI=1S/C68H132O6/c1-6-7-8-9-10-11-12-13-28-33-38-43-48-53-58-66(69)72-61-65(74-68(71)60-55-50-45-40-35-30-25-21-17-15-19-23-27-32-37-42-47-52-57-64(4)5)62-73-67(70)59-54-49-44-39-34-29-24-20-16-14-18-22-26-31-36-41-46-51-56-63(2)3/h63-65H,6-62H2,1-5H3/t65-/m1/s1. The Bertz CT molecular complexity index is 1140. The summed E-state index contributed by atoms with van der Waals surface area (Å²) in [7, 11) is 0. The number of hydrogen-bond donors (Lipinski definition) is 0. The number of rotatable bonds is 62. The molecule has 0 fully saturated rings. The highest BCUT2D eigenvalue weighted by molar-refractivity contribution is 5.71. The van der Waals surface area contributed by atoms with Gasteiger partial charge in [0.25, 0.3) is 0 Å². The summed E-state index contributed by atoms with van der Waals surface area (Å²) in [5.74, 6) is 0.891. The fourth-order valence-electron chi connectivity index (χ4n) is 10.6. The molecule has 0 aromatic carbocycles. The summed E-state index contributed by atoms with van der Waals surface area (Å²) in [4.78, 5) is 38.4. The van der Waals surface area contributed by atoms with Crippen LogP contribution in [0, 0.1) is 11.8 Å². The molecule has 0 N–H and O–H groups in total. The van der Waals surface area contributed by atoms with Crippen LogP contribution >= 0.6 is 0 Å². The van der Waals surface area contributed by atoms with Crippen molar-refractivity contribution < 1.29 is 28.6 Å². The van der Waals surface area contributed by atoms with Gasteiger partial charge in [0.05, 0.1) is 0 Å². The molecule has 0 spiro atoms. The molecule has 0 heterocycles. The van der Waals surface area contributed by atoms with Crippen LogP contribution in [0.3, 0.4) is 0 Å². The minimum absolute atomic E-state index is 0.0613. The predicted octanol–water partition coefficient (Wildman–Crippen LogP) is 22.8. The summed E-state index contributed by atoms with van der Waals surface area (Å²) >= 11 is 0. The molecule has 1 atom stereocenters. The molecule has 0 aliphatic heterocycles. The van der Waals surface area contributed by atoms with Gasteiger partial charge in [-0.25, -0.2) is 0 Å². The first-order chi connectivity index (χ1) is 36.2. The van der Waals surface area contributed by atoms with Crippen molar-refractivity contribution in [3.63, 3.8) is 0 Å². The zero-order valence-electron chi connectivity index (χ0n) is 51.0. The van der Waals surface area contributed by atoms with Crippen molar-refractivity contribution in [3.8, 4) is 0 Å². The van der Waals surface area contributed by atoms with E-state index in [1.165, 1.54) is 276 Å². The van der Waals surface area contributed by atoms with Crippen molar-refractivity contribution in [2.75, 3.05) is 13.2 Å². The van der Waals surface area contributed by atoms with Gasteiger partial charge in [-0.15, -0.1) is 0 Å². The Hall–Kier alpha value is -1.59. The van der Waals surface area contributed by atoms with Crippen molar-refractivity contribution in [3.05, 3.63) is 0 Å². The molecule has 440 valence electrons. The molecule has 0 unspecified atom stereocenters. The molecular weight excluding hydrogens is 913 g/mol. The Morgan fingerprint density at radius 1 is 0.257 bits per heavy atom. The minimum Gasteiger partial charge on any atom is -0.462 e. The first-order valence-electron chi connectivity index (χ1n) is 33.7. The minimum atomic E-state index is -0.764. The molecule has 0 rings (SSSR count). The molecule has 0 amide bonds. The molecule has 0 aliphatic rings. The van der Waals surface area contributed by atoms with Crippen LogP contribution < -0.4 is 0 Å². The summed E-state index contributed by atoms with van der Waals surface area (Å²) in [5.41, 5.74) is 0. The van der Waals surface area contributed by atoms with E-state index in [1.54, 1.807) is 0 Å². The maximum absolute atomic E-state index is 12.9. The fraction of sp³-hybridized carbons (Fsp3) is 0.956. The lowest BCUT2D eigenvalue weighted by Crippen LogP contribution is -2.30. The van der Waals surface area contributed by atoms with Crippen LogP contribution in [-0.2, 0) is 28.6 Å². The maximum atomic E-state index is 12.9. The number of carbonyl (C=O) groups excluding carboxylic acids is 3. The number of esters is 3. The van der Waals surface area contributed by atoms with Crippen molar-refractivity contribution >= 4 is 17.9 Å². The maximum Gasteiger partial charge on any atom is 0.306 e. The second-order valence-electron chi connectivity index (χ2n) is 24.4. The van der Waals surface area contributed by atoms with E-state index in [9.17, 15) is 14.4 Å². The van der Waals surface area contributed by atoms with Crippen LogP contribution in [0.2, 0.25) is 0 Å². The molecule has 0 aliphatic carbocycles. The Kier molecular flexibility index (Phi) is 59.3. The molecule has 74 heavy (non-hydrogen) atoms. The topological polar surface area (TPSA) is 78.9 Å². The fourth-order valence-corrected chi connectivity index (χ4v) is 10.6. The molecule has 0 bridgehead atoms. The van der Waals surface area contributed by atoms with Gasteiger partial charge in [0.2, 0.25) is 0 Å². The second-order valence-corrected chi connectivity index (χ2v) is 24.4. The summed E-state index contributed by atoms with van der Waals surface area (Å²) in [6.07, 6.45) is 68.3. The molecule has 0 radical (unpaired) electrons. The number of ether oxygens (including phenoxy) is 3. The van der Waals surface area contributed by atoms with Gasteiger partial charge in [-0.05, 0) is 31.1 Å². The van der Waals surface area contributed by atoms with Gasteiger partial charge in [-0.2, -0.15) is 0 Å². The Labute approximate surface area is 463 Å². The van der Waals surface area contributed by atoms with Crippen LogP contribution in [0.1, 0.15) is 388 Å². The highest BCUT2D eigenvalue weighted by atomic mass is 16.6. The van der Waals surface area contributed by atoms with E-state index in [2.05, 4.69) is 34.6 Å². The highest BCUT2D eigenvalue weighted by Gasteiger charge is 2.19. The van der Waals surface area contributed by atoms with Gasteiger partial charge in [-0.3, -0.25) is 14.4 Å². The summed E-state index contributed by atoms with van der Waals surface area (Å²) < 4.78 is 17.0. The van der Waals surface area contributed by atoms with Crippen molar-refractivity contribution in [1.29, 1.82) is 0 Å². The third-order valence-electron chi connectivity index (χ3n) is 15.7. The van der Waals surface area contributed by atoms with Gasteiger partial charge in [-0.1, -0.05) is 349 Å². The van der Waals surface area contributed by atoms with E-state index in [0.717, 1.165) is 69.6 Å². The average Bonchev–Trinajstić information content (AvgIpc) is 3.38. The third kappa shape index (κ3) is 61.3. The van der Waals surface area contributed by atoms with Crippen LogP contribution in [0.5, 0.6) is 0 Å². The smallest absolute Gasteiger partial charge is 0.306 e. The first-order valence-corrected chi connectivity index (χ1v) is 33.7. The second kappa shape index (κ2) is 60.6. The number of unbranched alkanes of at least 4 members (excludes halogenated alkanes) is 47. The monoisotopic (exact) mass is 1050 g/mol. The van der Waals surface area contributed by atoms with Crippen LogP contribution in [-0.4, -0.2) is 37.2 Å². The molecule has 0 aromatic rings. The quantitative estimate of drug-likeness (QED) is 0.0343. The highest BCUT2D eigenvalue weighted by Crippen LogP contribution is 2.19. The van der Waals surface area contributed by atoms with Crippen molar-refractivity contribution in [1.82, 2.24) is 0 Å². The molecular formula is C68H132O6. The SMILES string of the molecule is CCCCCCCCCCCCCCCCC(=O)OC[C@H](COC(=O)CCCCCCCCCCCCCCCCCCCCC(C)C)OC(=O)CCCCCCCCCCCCCCCCCCCCC(C)C. The van der Waals surface area contributed by atoms with E-state index in [-0.39, 0.29) is 31.1 Å². The lowest BCUT2D eigenvalue weighted by molar-refractivity contribution is -0.167. The summed E-state index contributed by atoms with van der Waals surface area (Å²) in [6, 6.07) is 0. The van der Waals surface area contributed by atoms with Crippen LogP contribution in [0.4, 0.5) is 0 Å². The Morgan fingerprint density at radius 2 is 0.446 bits per heavy atom. The van der Waals surface area contributed by atoms with Crippen molar-refractivity contribution in [2.24, 2.45) is 11.8 Å². The lowest BCUT2D eigenvalue weighted by Gasteiger charge is -2.18. The van der Waals surface area contributed by atoms with Gasteiger partial charge >= 0.3 is 17.9 Å². The lowest BCUT2D eigenvalue weighted by atomic mass is 10.0. The molecule has 0 saturated heterocycles. The van der Waals surface area contributed by atoms with Crippen molar-refractivity contribution in [2.45, 2.75) is 394 Å². The Morgan fingerprint density at radius 3 is 0.662 bits per heavy atom. The zero-order valence-corrected chi connectivity index (χ0v) is 51.0. The largest absolute Gasteiger partial charge is 0.462 e. The van der Waals surface area contributed by atoms with E-state index < -0.39 is 6.10 Å². The van der Waals surface area contributed by atoms with E-state index in [1.807, 2.05) is 0 Å². The Balaban J connectivity index is 4.25. The number of hydrogen-bond acceptors (Lipinski definition) is 6. The average molecular weight is 1050 g/mol. The normalized spacial score (nSPS) is 12.0. The van der Waals surface area contributed by atoms with Gasteiger partial charge in [0, 0.05) is 19.3 Å². The molecule has 0 aromatic heterocycles. The summed E-state index contributed by atoms with van der Waals surface area (Å²) in [6.45, 7) is 11.5.